The number of benzene rings is 1. The summed E-state index contributed by atoms with van der Waals surface area (Å²) in [6.45, 7) is 12.3. The number of amides is 1. The van der Waals surface area contributed by atoms with Crippen LogP contribution in [0.1, 0.15) is 25.0 Å². The van der Waals surface area contributed by atoms with Crippen molar-refractivity contribution in [3.05, 3.63) is 35.4 Å². The van der Waals surface area contributed by atoms with Crippen LogP contribution < -0.4 is 0 Å². The Balaban J connectivity index is 1.78. The van der Waals surface area contributed by atoms with E-state index < -0.39 is 0 Å². The van der Waals surface area contributed by atoms with Crippen LogP contribution in [0.15, 0.2) is 24.3 Å². The number of nitriles is 1. The van der Waals surface area contributed by atoms with Crippen molar-refractivity contribution < 1.29 is 4.79 Å². The second-order valence-electron chi connectivity index (χ2n) is 7.00. The molecule has 1 aliphatic rings. The molecule has 1 aromatic carbocycles. The molecular weight excluding hydrogens is 312 g/mol. The molecule has 0 spiro atoms. The predicted octanol–water partition coefficient (Wildman–Crippen LogP) is 2.12. The maximum absolute atomic E-state index is 12.5. The van der Waals surface area contributed by atoms with E-state index in [-0.39, 0.29) is 11.8 Å². The minimum absolute atomic E-state index is 0.0427. The van der Waals surface area contributed by atoms with Gasteiger partial charge in [-0.25, -0.2) is 0 Å². The molecule has 2 rings (SSSR count). The highest BCUT2D eigenvalue weighted by Crippen LogP contribution is 2.11. The maximum Gasteiger partial charge on any atom is 0.236 e. The van der Waals surface area contributed by atoms with Crippen LogP contribution in [0.2, 0.25) is 0 Å². The van der Waals surface area contributed by atoms with E-state index in [0.717, 1.165) is 39.3 Å². The van der Waals surface area contributed by atoms with E-state index in [1.54, 1.807) is 0 Å². The Hall–Kier alpha value is -1.90. The molecule has 1 atom stereocenters. The third-order valence-corrected chi connectivity index (χ3v) is 4.77. The average molecular weight is 342 g/mol. The number of piperazine rings is 1. The molecular formula is C20H30N4O. The zero-order chi connectivity index (χ0) is 18.2. The first kappa shape index (κ1) is 19.4. The van der Waals surface area contributed by atoms with Crippen LogP contribution in [0.3, 0.4) is 0 Å². The van der Waals surface area contributed by atoms with Gasteiger partial charge in [0, 0.05) is 39.3 Å². The highest BCUT2D eigenvalue weighted by molar-refractivity contribution is 5.78. The van der Waals surface area contributed by atoms with Crippen molar-refractivity contribution >= 4 is 5.91 Å². The van der Waals surface area contributed by atoms with Gasteiger partial charge >= 0.3 is 0 Å². The number of carbonyl (C=O) groups is 1. The molecule has 136 valence electrons. The minimum atomic E-state index is -0.0427. The Morgan fingerprint density at radius 3 is 2.64 bits per heavy atom. The maximum atomic E-state index is 12.5. The first-order chi connectivity index (χ1) is 12.0. The van der Waals surface area contributed by atoms with Gasteiger partial charge in [-0.3, -0.25) is 14.6 Å². The highest BCUT2D eigenvalue weighted by atomic mass is 16.2. The second kappa shape index (κ2) is 9.55. The van der Waals surface area contributed by atoms with E-state index in [9.17, 15) is 4.79 Å². The standard InChI is InChI=1S/C20H30N4O/c1-4-22(14-18(3)13-21)16-20(25)24-10-8-23(9-11-24)15-19-7-5-6-17(2)12-19/h5-7,12,18H,4,8-11,14-16H2,1-3H3. The van der Waals surface area contributed by atoms with Gasteiger partial charge in [-0.1, -0.05) is 36.8 Å². The first-order valence-electron chi connectivity index (χ1n) is 9.19. The largest absolute Gasteiger partial charge is 0.339 e. The van der Waals surface area contributed by atoms with Crippen molar-refractivity contribution in [1.82, 2.24) is 14.7 Å². The van der Waals surface area contributed by atoms with Crippen LogP contribution in [-0.2, 0) is 11.3 Å². The van der Waals surface area contributed by atoms with E-state index in [0.29, 0.717) is 13.1 Å². The quantitative estimate of drug-likeness (QED) is 0.762. The highest BCUT2D eigenvalue weighted by Gasteiger charge is 2.22. The van der Waals surface area contributed by atoms with Gasteiger partial charge in [0.15, 0.2) is 0 Å². The van der Waals surface area contributed by atoms with Gasteiger partial charge in [0.1, 0.15) is 0 Å². The van der Waals surface area contributed by atoms with Gasteiger partial charge in [-0.05, 0) is 26.0 Å². The smallest absolute Gasteiger partial charge is 0.236 e. The summed E-state index contributed by atoms with van der Waals surface area (Å²) in [7, 11) is 0. The topological polar surface area (TPSA) is 50.6 Å². The van der Waals surface area contributed by atoms with Crippen molar-refractivity contribution in [2.75, 3.05) is 45.8 Å². The summed E-state index contributed by atoms with van der Waals surface area (Å²) in [5, 5.41) is 8.95. The zero-order valence-electron chi connectivity index (χ0n) is 15.7. The third-order valence-electron chi connectivity index (χ3n) is 4.77. The fraction of sp³-hybridized carbons (Fsp3) is 0.600. The van der Waals surface area contributed by atoms with Crippen LogP contribution in [0.4, 0.5) is 0 Å². The lowest BCUT2D eigenvalue weighted by Crippen LogP contribution is -2.51. The average Bonchev–Trinajstić information content (AvgIpc) is 2.61. The molecule has 1 unspecified atom stereocenters. The number of hydrogen-bond donors (Lipinski definition) is 0. The van der Waals surface area contributed by atoms with Crippen LogP contribution in [0, 0.1) is 24.2 Å². The first-order valence-corrected chi connectivity index (χ1v) is 9.19. The van der Waals surface area contributed by atoms with Crippen molar-refractivity contribution in [3.8, 4) is 6.07 Å². The minimum Gasteiger partial charge on any atom is -0.339 e. The SMILES string of the molecule is CCN(CC(=O)N1CCN(Cc2cccc(C)c2)CC1)CC(C)C#N. The Bertz CT molecular complexity index is 602. The fourth-order valence-corrected chi connectivity index (χ4v) is 3.25. The Morgan fingerprint density at radius 2 is 2.04 bits per heavy atom. The molecule has 0 aromatic heterocycles. The van der Waals surface area contributed by atoms with Crippen LogP contribution in [0.5, 0.6) is 0 Å². The Morgan fingerprint density at radius 1 is 1.32 bits per heavy atom. The van der Waals surface area contributed by atoms with Crippen LogP contribution in [-0.4, -0.2) is 66.4 Å². The lowest BCUT2D eigenvalue weighted by Gasteiger charge is -2.36. The Kier molecular flexibility index (Phi) is 7.42. The van der Waals surface area contributed by atoms with Crippen LogP contribution in [0.25, 0.3) is 0 Å². The summed E-state index contributed by atoms with van der Waals surface area (Å²) in [5.41, 5.74) is 2.62. The summed E-state index contributed by atoms with van der Waals surface area (Å²) in [6.07, 6.45) is 0. The molecule has 1 amide bonds. The normalized spacial score (nSPS) is 16.7. The molecule has 1 aliphatic heterocycles. The molecule has 0 aliphatic carbocycles. The summed E-state index contributed by atoms with van der Waals surface area (Å²) in [6, 6.07) is 10.9. The van der Waals surface area contributed by atoms with Crippen molar-refractivity contribution in [3.63, 3.8) is 0 Å². The monoisotopic (exact) mass is 342 g/mol. The zero-order valence-corrected chi connectivity index (χ0v) is 15.7. The lowest BCUT2D eigenvalue weighted by molar-refractivity contribution is -0.134. The molecule has 0 saturated carbocycles. The molecule has 0 radical (unpaired) electrons. The molecule has 0 bridgehead atoms. The molecule has 0 N–H and O–H groups in total. The Labute approximate surface area is 151 Å². The van der Waals surface area contributed by atoms with Gasteiger partial charge in [-0.15, -0.1) is 0 Å². The number of aryl methyl sites for hydroxylation is 1. The van der Waals surface area contributed by atoms with Gasteiger partial charge in [0.2, 0.25) is 5.91 Å². The number of hydrogen-bond acceptors (Lipinski definition) is 4. The van der Waals surface area contributed by atoms with Crippen molar-refractivity contribution in [1.29, 1.82) is 5.26 Å². The fourth-order valence-electron chi connectivity index (χ4n) is 3.25. The predicted molar refractivity (Wildman–Crippen MR) is 99.9 cm³/mol. The van der Waals surface area contributed by atoms with E-state index in [4.69, 9.17) is 5.26 Å². The van der Waals surface area contributed by atoms with Gasteiger partial charge in [0.25, 0.3) is 0 Å². The molecule has 25 heavy (non-hydrogen) atoms. The molecule has 1 fully saturated rings. The lowest BCUT2D eigenvalue weighted by atomic mass is 10.1. The summed E-state index contributed by atoms with van der Waals surface area (Å²) < 4.78 is 0. The van der Waals surface area contributed by atoms with E-state index in [1.165, 1.54) is 11.1 Å². The molecule has 1 heterocycles. The number of nitrogens with zero attached hydrogens (tertiary/aromatic N) is 4. The van der Waals surface area contributed by atoms with Crippen LogP contribution >= 0.6 is 0 Å². The van der Waals surface area contributed by atoms with Gasteiger partial charge in [-0.2, -0.15) is 5.26 Å². The summed E-state index contributed by atoms with van der Waals surface area (Å²) >= 11 is 0. The van der Waals surface area contributed by atoms with E-state index in [1.807, 2.05) is 18.7 Å². The third kappa shape index (κ3) is 6.15. The molecule has 5 nitrogen and oxygen atoms in total. The number of carbonyl (C=O) groups excluding carboxylic acids is 1. The van der Waals surface area contributed by atoms with Crippen molar-refractivity contribution in [2.24, 2.45) is 5.92 Å². The van der Waals surface area contributed by atoms with Crippen molar-refractivity contribution in [2.45, 2.75) is 27.3 Å². The summed E-state index contributed by atoms with van der Waals surface area (Å²) in [4.78, 5) is 19.0. The number of rotatable bonds is 7. The molecule has 1 aromatic rings. The molecule has 5 heteroatoms. The van der Waals surface area contributed by atoms with E-state index >= 15 is 0 Å². The van der Waals surface area contributed by atoms with E-state index in [2.05, 4.69) is 47.1 Å². The second-order valence-corrected chi connectivity index (χ2v) is 7.00. The van der Waals surface area contributed by atoms with Gasteiger partial charge < -0.3 is 4.90 Å². The van der Waals surface area contributed by atoms with Gasteiger partial charge in [0.05, 0.1) is 18.5 Å². The summed E-state index contributed by atoms with van der Waals surface area (Å²) in [5.74, 6) is 0.140. The molecule has 1 saturated heterocycles. The number of likely N-dealkylation sites (N-methyl/N-ethyl adjacent to an activating group) is 1.